The molecule has 0 saturated heterocycles. The molecule has 0 aliphatic rings. The second-order valence-electron chi connectivity index (χ2n) is 4.46. The van der Waals surface area contributed by atoms with Gasteiger partial charge >= 0.3 is 5.97 Å². The molecule has 0 fully saturated rings. The van der Waals surface area contributed by atoms with Crippen LogP contribution >= 0.6 is 0 Å². The maximum atomic E-state index is 13.5. The topological polar surface area (TPSA) is 109 Å². The third-order valence-corrected chi connectivity index (χ3v) is 3.06. The highest BCUT2D eigenvalue weighted by Crippen LogP contribution is 2.19. The molecule has 2 atom stereocenters. The van der Waals surface area contributed by atoms with Crippen LogP contribution in [0.4, 0.5) is 10.1 Å². The van der Waals surface area contributed by atoms with Crippen molar-refractivity contribution >= 4 is 23.5 Å². The van der Waals surface area contributed by atoms with Crippen LogP contribution in [0.3, 0.4) is 0 Å². The third kappa shape index (κ3) is 3.53. The molecule has 1 rings (SSSR count). The van der Waals surface area contributed by atoms with E-state index in [4.69, 9.17) is 10.8 Å². The third-order valence-electron chi connectivity index (χ3n) is 3.06. The minimum atomic E-state index is -1.13. The summed E-state index contributed by atoms with van der Waals surface area (Å²) in [5.41, 5.74) is 4.89. The van der Waals surface area contributed by atoms with Crippen LogP contribution in [-0.4, -0.2) is 22.9 Å². The van der Waals surface area contributed by atoms with Gasteiger partial charge in [0.15, 0.2) is 0 Å². The number of hydrogen-bond acceptors (Lipinski definition) is 3. The van der Waals surface area contributed by atoms with Crippen molar-refractivity contribution in [1.82, 2.24) is 0 Å². The molecule has 0 radical (unpaired) electrons. The molecule has 108 valence electrons. The normalized spacial score (nSPS) is 13.3. The molecule has 20 heavy (non-hydrogen) atoms. The van der Waals surface area contributed by atoms with Crippen molar-refractivity contribution in [2.45, 2.75) is 13.8 Å². The van der Waals surface area contributed by atoms with Gasteiger partial charge in [-0.15, -0.1) is 0 Å². The minimum Gasteiger partial charge on any atom is -0.481 e. The Labute approximate surface area is 114 Å². The number of aliphatic carboxylic acids is 1. The quantitative estimate of drug-likeness (QED) is 0.754. The number of halogens is 1. The van der Waals surface area contributed by atoms with E-state index in [-0.39, 0.29) is 11.3 Å². The van der Waals surface area contributed by atoms with E-state index in [0.717, 1.165) is 12.1 Å². The summed E-state index contributed by atoms with van der Waals surface area (Å²) >= 11 is 0. The number of rotatable bonds is 5. The van der Waals surface area contributed by atoms with Crippen LogP contribution in [0.5, 0.6) is 0 Å². The summed E-state index contributed by atoms with van der Waals surface area (Å²) < 4.78 is 13.5. The highest BCUT2D eigenvalue weighted by atomic mass is 19.1. The molecule has 0 spiro atoms. The van der Waals surface area contributed by atoms with Gasteiger partial charge in [-0.1, -0.05) is 13.8 Å². The van der Waals surface area contributed by atoms with E-state index in [1.807, 2.05) is 0 Å². The van der Waals surface area contributed by atoms with E-state index < -0.39 is 35.4 Å². The van der Waals surface area contributed by atoms with Crippen LogP contribution in [-0.2, 0) is 9.59 Å². The lowest BCUT2D eigenvalue weighted by molar-refractivity contribution is -0.145. The number of carboxylic acids is 1. The SMILES string of the molecule is CC(C(=O)O)C(C)C(=O)Nc1cc(C(N)=O)ccc1F. The Bertz CT molecular complexity index is 559. The Morgan fingerprint density at radius 3 is 2.35 bits per heavy atom. The number of anilines is 1. The van der Waals surface area contributed by atoms with E-state index in [0.29, 0.717) is 0 Å². The summed E-state index contributed by atoms with van der Waals surface area (Å²) in [5, 5.41) is 11.1. The lowest BCUT2D eigenvalue weighted by atomic mass is 9.95. The Kier molecular flexibility index (Phi) is 4.79. The first-order valence-corrected chi connectivity index (χ1v) is 5.87. The Morgan fingerprint density at radius 1 is 1.25 bits per heavy atom. The lowest BCUT2D eigenvalue weighted by Gasteiger charge is -2.16. The summed E-state index contributed by atoms with van der Waals surface area (Å²) in [7, 11) is 0. The van der Waals surface area contributed by atoms with Crippen molar-refractivity contribution in [3.63, 3.8) is 0 Å². The Balaban J connectivity index is 2.93. The summed E-state index contributed by atoms with van der Waals surface area (Å²) in [5.74, 6) is -5.05. The number of amides is 2. The zero-order valence-electron chi connectivity index (χ0n) is 11.0. The molecule has 0 bridgehead atoms. The van der Waals surface area contributed by atoms with Gasteiger partial charge in [0.2, 0.25) is 11.8 Å². The average molecular weight is 282 g/mol. The molecule has 0 heterocycles. The van der Waals surface area contributed by atoms with E-state index in [9.17, 15) is 18.8 Å². The number of primary amides is 1. The number of carboxylic acid groups (broad SMARTS) is 1. The zero-order valence-corrected chi connectivity index (χ0v) is 11.0. The van der Waals surface area contributed by atoms with Gasteiger partial charge in [-0.25, -0.2) is 4.39 Å². The summed E-state index contributed by atoms with van der Waals surface area (Å²) in [6.45, 7) is 2.80. The van der Waals surface area contributed by atoms with Gasteiger partial charge in [0.1, 0.15) is 5.82 Å². The molecule has 1 aromatic rings. The molecule has 0 saturated carbocycles. The van der Waals surface area contributed by atoms with Crippen LogP contribution in [0.1, 0.15) is 24.2 Å². The maximum absolute atomic E-state index is 13.5. The van der Waals surface area contributed by atoms with Crippen molar-refractivity contribution in [1.29, 1.82) is 0 Å². The molecule has 0 aliphatic heterocycles. The Hall–Kier alpha value is -2.44. The molecule has 0 aromatic heterocycles. The first-order valence-electron chi connectivity index (χ1n) is 5.87. The molecular weight excluding hydrogens is 267 g/mol. The standard InChI is InChI=1S/C13H15FN2O4/c1-6(7(2)13(19)20)12(18)16-10-5-8(11(15)17)3-4-9(10)14/h3-7H,1-2H3,(H2,15,17)(H,16,18)(H,19,20). The van der Waals surface area contributed by atoms with Crippen molar-refractivity contribution < 1.29 is 23.9 Å². The average Bonchev–Trinajstić information content (AvgIpc) is 2.38. The second kappa shape index (κ2) is 6.14. The molecular formula is C13H15FN2O4. The van der Waals surface area contributed by atoms with Crippen molar-refractivity contribution in [3.8, 4) is 0 Å². The van der Waals surface area contributed by atoms with Crippen LogP contribution < -0.4 is 11.1 Å². The van der Waals surface area contributed by atoms with E-state index in [1.54, 1.807) is 0 Å². The molecule has 2 unspecified atom stereocenters. The highest BCUT2D eigenvalue weighted by Gasteiger charge is 2.26. The smallest absolute Gasteiger partial charge is 0.307 e. The second-order valence-corrected chi connectivity index (χ2v) is 4.46. The van der Waals surface area contributed by atoms with E-state index >= 15 is 0 Å². The van der Waals surface area contributed by atoms with Gasteiger partial charge in [0.05, 0.1) is 11.6 Å². The summed E-state index contributed by atoms with van der Waals surface area (Å²) in [4.78, 5) is 33.6. The zero-order chi connectivity index (χ0) is 15.4. The van der Waals surface area contributed by atoms with Crippen LogP contribution in [0, 0.1) is 17.7 Å². The van der Waals surface area contributed by atoms with Gasteiger partial charge in [0, 0.05) is 11.5 Å². The van der Waals surface area contributed by atoms with Crippen molar-refractivity contribution in [2.75, 3.05) is 5.32 Å². The van der Waals surface area contributed by atoms with E-state index in [2.05, 4.69) is 5.32 Å². The van der Waals surface area contributed by atoms with Gasteiger partial charge in [0.25, 0.3) is 0 Å². The molecule has 2 amide bonds. The van der Waals surface area contributed by atoms with Gasteiger partial charge < -0.3 is 16.2 Å². The number of benzene rings is 1. The first-order chi connectivity index (χ1) is 9.23. The van der Waals surface area contributed by atoms with Crippen molar-refractivity contribution in [2.24, 2.45) is 17.6 Å². The first kappa shape index (κ1) is 15.6. The fraction of sp³-hybridized carbons (Fsp3) is 0.308. The lowest BCUT2D eigenvalue weighted by Crippen LogP contribution is -2.30. The number of hydrogen-bond donors (Lipinski definition) is 3. The van der Waals surface area contributed by atoms with Crippen LogP contribution in [0.25, 0.3) is 0 Å². The molecule has 7 heteroatoms. The molecule has 0 aliphatic carbocycles. The largest absolute Gasteiger partial charge is 0.481 e. The number of nitrogens with two attached hydrogens (primary N) is 1. The highest BCUT2D eigenvalue weighted by molar-refractivity contribution is 5.97. The predicted octanol–water partition coefficient (Wildman–Crippen LogP) is 1.22. The number of carbonyl (C=O) groups excluding carboxylic acids is 2. The number of carbonyl (C=O) groups is 3. The fourth-order valence-corrected chi connectivity index (χ4v) is 1.46. The summed E-state index contributed by atoms with van der Waals surface area (Å²) in [6.07, 6.45) is 0. The van der Waals surface area contributed by atoms with E-state index in [1.165, 1.54) is 19.9 Å². The van der Waals surface area contributed by atoms with Crippen molar-refractivity contribution in [3.05, 3.63) is 29.6 Å². The minimum absolute atomic E-state index is 0.0423. The molecule has 1 aromatic carbocycles. The van der Waals surface area contributed by atoms with Gasteiger partial charge in [-0.2, -0.15) is 0 Å². The van der Waals surface area contributed by atoms with Gasteiger partial charge in [-0.05, 0) is 18.2 Å². The fourth-order valence-electron chi connectivity index (χ4n) is 1.46. The Morgan fingerprint density at radius 2 is 1.85 bits per heavy atom. The number of nitrogens with one attached hydrogen (secondary N) is 1. The van der Waals surface area contributed by atoms with Crippen LogP contribution in [0.15, 0.2) is 18.2 Å². The molecule has 4 N–H and O–H groups in total. The van der Waals surface area contributed by atoms with Gasteiger partial charge in [-0.3, -0.25) is 14.4 Å². The molecule has 6 nitrogen and oxygen atoms in total. The monoisotopic (exact) mass is 282 g/mol. The predicted molar refractivity (Wildman–Crippen MR) is 69.5 cm³/mol. The maximum Gasteiger partial charge on any atom is 0.307 e. The van der Waals surface area contributed by atoms with Crippen LogP contribution in [0.2, 0.25) is 0 Å². The summed E-state index contributed by atoms with van der Waals surface area (Å²) in [6, 6.07) is 3.30.